The molecule has 0 radical (unpaired) electrons. The highest BCUT2D eigenvalue weighted by molar-refractivity contribution is 6.01. The Balaban J connectivity index is 2.30. The molecule has 2 heterocycles. The number of piperidine rings is 1. The van der Waals surface area contributed by atoms with E-state index in [2.05, 4.69) is 10.3 Å². The van der Waals surface area contributed by atoms with Gasteiger partial charge >= 0.3 is 0 Å². The number of ketones is 1. The molecule has 1 aromatic heterocycles. The molecule has 0 aliphatic carbocycles. The molecule has 1 fully saturated rings. The van der Waals surface area contributed by atoms with Gasteiger partial charge in [0.15, 0.2) is 5.78 Å². The topological polar surface area (TPSA) is 79.4 Å². The van der Waals surface area contributed by atoms with Crippen molar-refractivity contribution in [1.82, 2.24) is 9.88 Å². The lowest BCUT2D eigenvalue weighted by Gasteiger charge is -2.32. The zero-order valence-electron chi connectivity index (χ0n) is 13.2. The van der Waals surface area contributed by atoms with Crippen LogP contribution in [0.5, 0.6) is 0 Å². The van der Waals surface area contributed by atoms with E-state index in [1.807, 2.05) is 11.8 Å². The maximum atomic E-state index is 11.8. The summed E-state index contributed by atoms with van der Waals surface area (Å²) in [4.78, 5) is 40.7. The smallest absolute Gasteiger partial charge is 0.222 e. The number of nitrogens with zero attached hydrogens (tertiary/aromatic N) is 2. The fourth-order valence-corrected chi connectivity index (χ4v) is 2.76. The van der Waals surface area contributed by atoms with Crippen molar-refractivity contribution in [3.63, 3.8) is 0 Å². The van der Waals surface area contributed by atoms with E-state index in [1.165, 1.54) is 13.8 Å². The standard InChI is InChI=1S/C16H21N3O3/c1-4-19-9-12(5-6-15(19)22)13-7-14(18-11(3)21)16(10(2)20)17-8-13/h7-8,12H,4-6,9H2,1-3H3,(H,18,21). The number of hydrogen-bond acceptors (Lipinski definition) is 4. The molecule has 2 amide bonds. The fourth-order valence-electron chi connectivity index (χ4n) is 2.76. The van der Waals surface area contributed by atoms with Crippen LogP contribution in [0.25, 0.3) is 0 Å². The minimum absolute atomic E-state index is 0.175. The van der Waals surface area contributed by atoms with Crippen LogP contribution < -0.4 is 5.32 Å². The number of aromatic nitrogens is 1. The Hall–Kier alpha value is -2.24. The number of rotatable bonds is 4. The molecule has 22 heavy (non-hydrogen) atoms. The Bertz CT molecular complexity index is 613. The second kappa shape index (κ2) is 6.68. The third kappa shape index (κ3) is 3.50. The Morgan fingerprint density at radius 2 is 2.14 bits per heavy atom. The molecule has 1 N–H and O–H groups in total. The van der Waals surface area contributed by atoms with E-state index in [1.54, 1.807) is 12.3 Å². The maximum Gasteiger partial charge on any atom is 0.222 e. The van der Waals surface area contributed by atoms with E-state index in [4.69, 9.17) is 0 Å². The summed E-state index contributed by atoms with van der Waals surface area (Å²) in [6.45, 7) is 6.11. The van der Waals surface area contributed by atoms with Gasteiger partial charge < -0.3 is 10.2 Å². The number of carbonyl (C=O) groups excluding carboxylic acids is 3. The first-order chi connectivity index (χ1) is 10.4. The highest BCUT2D eigenvalue weighted by Crippen LogP contribution is 2.29. The molecule has 0 spiro atoms. The molecule has 1 aromatic rings. The van der Waals surface area contributed by atoms with Gasteiger partial charge in [-0.05, 0) is 25.0 Å². The lowest BCUT2D eigenvalue weighted by molar-refractivity contribution is -0.133. The van der Waals surface area contributed by atoms with Crippen molar-refractivity contribution < 1.29 is 14.4 Å². The number of amides is 2. The van der Waals surface area contributed by atoms with E-state index in [9.17, 15) is 14.4 Å². The van der Waals surface area contributed by atoms with Gasteiger partial charge in [-0.25, -0.2) is 0 Å². The van der Waals surface area contributed by atoms with E-state index in [0.717, 1.165) is 12.0 Å². The quantitative estimate of drug-likeness (QED) is 0.862. The first-order valence-corrected chi connectivity index (χ1v) is 7.48. The summed E-state index contributed by atoms with van der Waals surface area (Å²) in [6.07, 6.45) is 2.95. The summed E-state index contributed by atoms with van der Waals surface area (Å²) < 4.78 is 0. The van der Waals surface area contributed by atoms with Gasteiger partial charge in [-0.2, -0.15) is 0 Å². The number of likely N-dealkylation sites (N-methyl/N-ethyl adjacent to an activating group) is 1. The van der Waals surface area contributed by atoms with Crippen molar-refractivity contribution in [1.29, 1.82) is 0 Å². The van der Waals surface area contributed by atoms with Crippen LogP contribution in [0.3, 0.4) is 0 Å². The summed E-state index contributed by atoms with van der Waals surface area (Å²) in [5.74, 6) is -0.0763. The van der Waals surface area contributed by atoms with Gasteiger partial charge in [-0.15, -0.1) is 0 Å². The van der Waals surface area contributed by atoms with Crippen molar-refractivity contribution in [2.75, 3.05) is 18.4 Å². The number of likely N-dealkylation sites (tertiary alicyclic amines) is 1. The average molecular weight is 303 g/mol. The van der Waals surface area contributed by atoms with Crippen LogP contribution in [0.4, 0.5) is 5.69 Å². The first kappa shape index (κ1) is 16.1. The van der Waals surface area contributed by atoms with Crippen LogP contribution in [0.1, 0.15) is 55.6 Å². The maximum absolute atomic E-state index is 11.8. The molecule has 2 rings (SSSR count). The molecule has 118 valence electrons. The van der Waals surface area contributed by atoms with Gasteiger partial charge in [0.25, 0.3) is 0 Å². The molecule has 1 atom stereocenters. The predicted octanol–water partition coefficient (Wildman–Crippen LogP) is 1.97. The van der Waals surface area contributed by atoms with Crippen LogP contribution in [-0.4, -0.2) is 40.6 Å². The summed E-state index contributed by atoms with van der Waals surface area (Å²) in [5, 5.41) is 2.67. The highest BCUT2D eigenvalue weighted by Gasteiger charge is 2.26. The average Bonchev–Trinajstić information content (AvgIpc) is 2.46. The van der Waals surface area contributed by atoms with Crippen LogP contribution in [0, 0.1) is 0 Å². The number of carbonyl (C=O) groups is 3. The Kier molecular flexibility index (Phi) is 4.90. The fraction of sp³-hybridized carbons (Fsp3) is 0.500. The zero-order chi connectivity index (χ0) is 16.3. The molecular weight excluding hydrogens is 282 g/mol. The molecule has 1 aliphatic heterocycles. The van der Waals surface area contributed by atoms with Crippen molar-refractivity contribution in [3.8, 4) is 0 Å². The van der Waals surface area contributed by atoms with E-state index in [0.29, 0.717) is 25.2 Å². The number of anilines is 1. The normalized spacial score (nSPS) is 18.2. The summed E-state index contributed by atoms with van der Waals surface area (Å²) in [7, 11) is 0. The minimum Gasteiger partial charge on any atom is -0.342 e. The second-order valence-electron chi connectivity index (χ2n) is 5.57. The van der Waals surface area contributed by atoms with Crippen LogP contribution in [-0.2, 0) is 9.59 Å². The largest absolute Gasteiger partial charge is 0.342 e. The van der Waals surface area contributed by atoms with E-state index in [-0.39, 0.29) is 29.2 Å². The molecule has 1 aliphatic rings. The van der Waals surface area contributed by atoms with Crippen molar-refractivity contribution in [2.45, 2.75) is 39.5 Å². The molecule has 1 unspecified atom stereocenters. The molecular formula is C16H21N3O3. The second-order valence-corrected chi connectivity index (χ2v) is 5.57. The van der Waals surface area contributed by atoms with Gasteiger partial charge in [-0.3, -0.25) is 19.4 Å². The number of hydrogen-bond donors (Lipinski definition) is 1. The molecule has 6 nitrogen and oxygen atoms in total. The SMILES string of the molecule is CCN1CC(c2cnc(C(C)=O)c(NC(C)=O)c2)CCC1=O. The van der Waals surface area contributed by atoms with Crippen LogP contribution in [0.2, 0.25) is 0 Å². The van der Waals surface area contributed by atoms with E-state index >= 15 is 0 Å². The zero-order valence-corrected chi connectivity index (χ0v) is 13.2. The van der Waals surface area contributed by atoms with Crippen LogP contribution >= 0.6 is 0 Å². The molecule has 0 aromatic carbocycles. The summed E-state index contributed by atoms with van der Waals surface area (Å²) in [6, 6.07) is 1.80. The molecule has 0 bridgehead atoms. The monoisotopic (exact) mass is 303 g/mol. The lowest BCUT2D eigenvalue weighted by Crippen LogP contribution is -2.38. The number of nitrogens with one attached hydrogen (secondary N) is 1. The highest BCUT2D eigenvalue weighted by atomic mass is 16.2. The van der Waals surface area contributed by atoms with Gasteiger partial charge in [0, 0.05) is 45.5 Å². The van der Waals surface area contributed by atoms with Crippen LogP contribution in [0.15, 0.2) is 12.3 Å². The molecule has 0 saturated carbocycles. The van der Waals surface area contributed by atoms with Crippen molar-refractivity contribution in [2.24, 2.45) is 0 Å². The Morgan fingerprint density at radius 3 is 2.73 bits per heavy atom. The number of Topliss-reactive ketones (excluding diaryl/α,β-unsaturated/α-hetero) is 1. The van der Waals surface area contributed by atoms with E-state index < -0.39 is 0 Å². The van der Waals surface area contributed by atoms with Crippen molar-refractivity contribution >= 4 is 23.3 Å². The molecule has 1 saturated heterocycles. The Labute approximate surface area is 129 Å². The lowest BCUT2D eigenvalue weighted by atomic mass is 9.90. The van der Waals surface area contributed by atoms with Crippen molar-refractivity contribution in [3.05, 3.63) is 23.5 Å². The Morgan fingerprint density at radius 1 is 1.41 bits per heavy atom. The number of pyridine rings is 1. The predicted molar refractivity (Wildman–Crippen MR) is 82.8 cm³/mol. The van der Waals surface area contributed by atoms with Gasteiger partial charge in [0.05, 0.1) is 5.69 Å². The molecule has 6 heteroatoms. The van der Waals surface area contributed by atoms with Gasteiger partial charge in [0.1, 0.15) is 5.69 Å². The first-order valence-electron chi connectivity index (χ1n) is 7.48. The van der Waals surface area contributed by atoms with Gasteiger partial charge in [0.2, 0.25) is 11.8 Å². The summed E-state index contributed by atoms with van der Waals surface area (Å²) in [5.41, 5.74) is 1.65. The minimum atomic E-state index is -0.240. The third-order valence-electron chi connectivity index (χ3n) is 3.91. The third-order valence-corrected chi connectivity index (χ3v) is 3.91. The van der Waals surface area contributed by atoms with Gasteiger partial charge in [-0.1, -0.05) is 0 Å². The summed E-state index contributed by atoms with van der Waals surface area (Å²) >= 11 is 0.